The summed E-state index contributed by atoms with van der Waals surface area (Å²) in [6.45, 7) is 5.24. The summed E-state index contributed by atoms with van der Waals surface area (Å²) in [4.78, 5) is 22.0. The van der Waals surface area contributed by atoms with Crippen LogP contribution >= 0.6 is 0 Å². The lowest BCUT2D eigenvalue weighted by molar-refractivity contribution is 0.0522. The molecule has 26 heavy (non-hydrogen) atoms. The molecule has 0 spiro atoms. The molecule has 138 valence electrons. The third-order valence-corrected chi connectivity index (χ3v) is 5.68. The Morgan fingerprint density at radius 1 is 1.12 bits per heavy atom. The first-order valence-corrected chi connectivity index (χ1v) is 9.65. The molecule has 3 heterocycles. The van der Waals surface area contributed by atoms with Crippen LogP contribution in [0.3, 0.4) is 0 Å². The Kier molecular flexibility index (Phi) is 5.02. The fourth-order valence-electron chi connectivity index (χ4n) is 4.20. The van der Waals surface area contributed by atoms with E-state index < -0.39 is 0 Å². The van der Waals surface area contributed by atoms with Crippen LogP contribution in [0.15, 0.2) is 28.9 Å². The van der Waals surface area contributed by atoms with Gasteiger partial charge in [-0.1, -0.05) is 30.5 Å². The van der Waals surface area contributed by atoms with Gasteiger partial charge in [-0.15, -0.1) is 0 Å². The summed E-state index contributed by atoms with van der Waals surface area (Å²) in [6, 6.07) is 6.31. The van der Waals surface area contributed by atoms with Gasteiger partial charge >= 0.3 is 0 Å². The number of piperazine rings is 1. The Balaban J connectivity index is 1.47. The number of hydrogen-bond donors (Lipinski definition) is 0. The van der Waals surface area contributed by atoms with E-state index in [1.54, 1.807) is 13.1 Å². The van der Waals surface area contributed by atoms with Gasteiger partial charge in [-0.25, -0.2) is 0 Å². The predicted molar refractivity (Wildman–Crippen MR) is 98.8 cm³/mol. The molecule has 6 heteroatoms. The van der Waals surface area contributed by atoms with Crippen molar-refractivity contribution < 1.29 is 9.32 Å². The zero-order valence-corrected chi connectivity index (χ0v) is 15.4. The van der Waals surface area contributed by atoms with Crippen molar-refractivity contribution in [2.24, 2.45) is 0 Å². The Morgan fingerprint density at radius 3 is 2.58 bits per heavy atom. The Morgan fingerprint density at radius 2 is 1.88 bits per heavy atom. The summed E-state index contributed by atoms with van der Waals surface area (Å²) in [7, 11) is 0. The molecule has 2 aromatic rings. The van der Waals surface area contributed by atoms with Crippen LogP contribution in [0.5, 0.6) is 0 Å². The third kappa shape index (κ3) is 3.38. The van der Waals surface area contributed by atoms with Crippen LogP contribution in [0, 0.1) is 6.92 Å². The molecule has 0 aromatic carbocycles. The minimum Gasteiger partial charge on any atom is -0.360 e. The van der Waals surface area contributed by atoms with Gasteiger partial charge < -0.3 is 9.42 Å². The second-order valence-corrected chi connectivity index (χ2v) is 7.30. The molecule has 2 fully saturated rings. The maximum absolute atomic E-state index is 13.1. The van der Waals surface area contributed by atoms with E-state index in [9.17, 15) is 4.79 Å². The van der Waals surface area contributed by atoms with Crippen LogP contribution in [-0.4, -0.2) is 58.1 Å². The predicted octanol–water partition coefficient (Wildman–Crippen LogP) is 3.14. The molecule has 2 aromatic heterocycles. The van der Waals surface area contributed by atoms with Crippen molar-refractivity contribution in [2.45, 2.75) is 45.1 Å². The van der Waals surface area contributed by atoms with Crippen molar-refractivity contribution in [3.05, 3.63) is 35.7 Å². The number of carbonyl (C=O) groups excluding carboxylic acids is 1. The first-order valence-electron chi connectivity index (χ1n) is 9.65. The fraction of sp³-hybridized carbons (Fsp3) is 0.550. The molecule has 2 aliphatic rings. The SMILES string of the molecule is Cc1onc(-c2ccccn2)c1C(=O)N1CCN(C2CCCCC2)CC1. The van der Waals surface area contributed by atoms with E-state index in [0.29, 0.717) is 28.8 Å². The number of nitrogens with zero attached hydrogens (tertiary/aromatic N) is 4. The van der Waals surface area contributed by atoms with Crippen LogP contribution in [0.25, 0.3) is 11.4 Å². The molecule has 0 atom stereocenters. The standard InChI is InChI=1S/C20H26N4O2/c1-15-18(19(22-26-15)17-9-5-6-10-21-17)20(25)24-13-11-23(12-14-24)16-7-3-2-4-8-16/h5-6,9-10,16H,2-4,7-8,11-14H2,1H3. The van der Waals surface area contributed by atoms with Gasteiger partial charge in [0.15, 0.2) is 0 Å². The van der Waals surface area contributed by atoms with Crippen molar-refractivity contribution in [1.82, 2.24) is 19.9 Å². The number of aromatic nitrogens is 2. The van der Waals surface area contributed by atoms with Gasteiger partial charge in [-0.05, 0) is 31.9 Å². The quantitative estimate of drug-likeness (QED) is 0.847. The monoisotopic (exact) mass is 354 g/mol. The van der Waals surface area contributed by atoms with E-state index in [1.165, 1.54) is 32.1 Å². The molecule has 6 nitrogen and oxygen atoms in total. The molecular formula is C20H26N4O2. The summed E-state index contributed by atoms with van der Waals surface area (Å²) in [6.07, 6.45) is 8.38. The molecule has 1 aliphatic heterocycles. The zero-order valence-electron chi connectivity index (χ0n) is 15.4. The number of carbonyl (C=O) groups is 1. The summed E-state index contributed by atoms with van der Waals surface area (Å²) in [5.41, 5.74) is 1.77. The largest absolute Gasteiger partial charge is 0.360 e. The second-order valence-electron chi connectivity index (χ2n) is 7.30. The zero-order chi connectivity index (χ0) is 17.9. The fourth-order valence-corrected chi connectivity index (χ4v) is 4.20. The van der Waals surface area contributed by atoms with Crippen LogP contribution in [0.1, 0.15) is 48.2 Å². The number of pyridine rings is 1. The summed E-state index contributed by atoms with van der Waals surface area (Å²) in [5, 5.41) is 4.09. The number of amides is 1. The minimum absolute atomic E-state index is 0.00713. The number of hydrogen-bond acceptors (Lipinski definition) is 5. The molecule has 1 saturated heterocycles. The Labute approximate surface area is 154 Å². The van der Waals surface area contributed by atoms with Gasteiger partial charge in [0.25, 0.3) is 5.91 Å². The van der Waals surface area contributed by atoms with Crippen molar-refractivity contribution in [1.29, 1.82) is 0 Å². The van der Waals surface area contributed by atoms with Gasteiger partial charge in [0.2, 0.25) is 0 Å². The number of rotatable bonds is 3. The van der Waals surface area contributed by atoms with Crippen molar-refractivity contribution in [3.8, 4) is 11.4 Å². The summed E-state index contributed by atoms with van der Waals surface area (Å²) in [5.74, 6) is 0.568. The van der Waals surface area contributed by atoms with Gasteiger partial charge in [0, 0.05) is 38.4 Å². The van der Waals surface area contributed by atoms with E-state index in [0.717, 1.165) is 26.2 Å². The first kappa shape index (κ1) is 17.2. The van der Waals surface area contributed by atoms with Crippen LogP contribution in [-0.2, 0) is 0 Å². The van der Waals surface area contributed by atoms with Gasteiger partial charge in [0.05, 0.1) is 5.69 Å². The minimum atomic E-state index is 0.00713. The van der Waals surface area contributed by atoms with E-state index in [2.05, 4.69) is 15.0 Å². The van der Waals surface area contributed by atoms with E-state index in [4.69, 9.17) is 4.52 Å². The molecule has 1 amide bonds. The van der Waals surface area contributed by atoms with Crippen LogP contribution in [0.4, 0.5) is 0 Å². The third-order valence-electron chi connectivity index (χ3n) is 5.68. The maximum atomic E-state index is 13.1. The lowest BCUT2D eigenvalue weighted by atomic mass is 9.94. The van der Waals surface area contributed by atoms with Crippen molar-refractivity contribution in [3.63, 3.8) is 0 Å². The normalized spacial score (nSPS) is 19.7. The van der Waals surface area contributed by atoms with E-state index >= 15 is 0 Å². The average molecular weight is 354 g/mol. The highest BCUT2D eigenvalue weighted by Crippen LogP contribution is 2.27. The van der Waals surface area contributed by atoms with Crippen LogP contribution in [0.2, 0.25) is 0 Å². The molecule has 1 saturated carbocycles. The summed E-state index contributed by atoms with van der Waals surface area (Å²) >= 11 is 0. The average Bonchev–Trinajstić information content (AvgIpc) is 3.10. The summed E-state index contributed by atoms with van der Waals surface area (Å²) < 4.78 is 5.33. The molecule has 0 N–H and O–H groups in total. The lowest BCUT2D eigenvalue weighted by Gasteiger charge is -2.40. The van der Waals surface area contributed by atoms with Gasteiger partial charge in [-0.3, -0.25) is 14.7 Å². The maximum Gasteiger partial charge on any atom is 0.259 e. The molecule has 1 aliphatic carbocycles. The Bertz CT molecular complexity index is 744. The van der Waals surface area contributed by atoms with E-state index in [-0.39, 0.29) is 5.91 Å². The number of aryl methyl sites for hydroxylation is 1. The molecule has 0 bridgehead atoms. The molecular weight excluding hydrogens is 328 g/mol. The van der Waals surface area contributed by atoms with Gasteiger partial charge in [0.1, 0.15) is 17.0 Å². The van der Waals surface area contributed by atoms with Crippen LogP contribution < -0.4 is 0 Å². The first-order chi connectivity index (χ1) is 12.7. The highest BCUT2D eigenvalue weighted by atomic mass is 16.5. The van der Waals surface area contributed by atoms with Crippen molar-refractivity contribution in [2.75, 3.05) is 26.2 Å². The highest BCUT2D eigenvalue weighted by molar-refractivity contribution is 6.00. The molecule has 0 radical (unpaired) electrons. The molecule has 4 rings (SSSR count). The highest BCUT2D eigenvalue weighted by Gasteiger charge is 2.31. The lowest BCUT2D eigenvalue weighted by Crippen LogP contribution is -2.52. The smallest absolute Gasteiger partial charge is 0.259 e. The van der Waals surface area contributed by atoms with E-state index in [1.807, 2.05) is 23.1 Å². The topological polar surface area (TPSA) is 62.5 Å². The molecule has 0 unspecified atom stereocenters. The van der Waals surface area contributed by atoms with Gasteiger partial charge in [-0.2, -0.15) is 0 Å². The Hall–Kier alpha value is -2.21. The second kappa shape index (κ2) is 7.58. The van der Waals surface area contributed by atoms with Crippen molar-refractivity contribution >= 4 is 5.91 Å².